The predicted octanol–water partition coefficient (Wildman–Crippen LogP) is 3.27. The van der Waals surface area contributed by atoms with E-state index in [9.17, 15) is 9.59 Å². The molecule has 0 aliphatic carbocycles. The molecule has 150 valence electrons. The van der Waals surface area contributed by atoms with Crippen molar-refractivity contribution in [1.82, 2.24) is 19.5 Å². The summed E-state index contributed by atoms with van der Waals surface area (Å²) in [6.45, 7) is 2.30. The Morgan fingerprint density at radius 2 is 1.87 bits per heavy atom. The molecule has 30 heavy (non-hydrogen) atoms. The van der Waals surface area contributed by atoms with Gasteiger partial charge in [0, 0.05) is 18.1 Å². The van der Waals surface area contributed by atoms with Crippen molar-refractivity contribution < 1.29 is 4.79 Å². The molecule has 0 atom stereocenters. The van der Waals surface area contributed by atoms with E-state index in [0.29, 0.717) is 11.7 Å². The van der Waals surface area contributed by atoms with Gasteiger partial charge in [-0.05, 0) is 30.2 Å². The number of nitrogens with zero attached hydrogens (tertiary/aromatic N) is 4. The third-order valence-corrected chi connectivity index (χ3v) is 5.35. The van der Waals surface area contributed by atoms with Gasteiger partial charge in [-0.25, -0.2) is 15.0 Å². The van der Waals surface area contributed by atoms with Crippen molar-refractivity contribution >= 4 is 34.5 Å². The van der Waals surface area contributed by atoms with E-state index in [1.165, 1.54) is 28.7 Å². The lowest BCUT2D eigenvalue weighted by Crippen LogP contribution is -2.25. The quantitative estimate of drug-likeness (QED) is 0.383. The zero-order chi connectivity index (χ0) is 20.9. The van der Waals surface area contributed by atoms with Crippen LogP contribution in [0, 0.1) is 6.92 Å². The minimum absolute atomic E-state index is 0.112. The zero-order valence-corrected chi connectivity index (χ0v) is 17.1. The number of thioether (sulfide) groups is 1. The molecule has 0 saturated heterocycles. The maximum absolute atomic E-state index is 13.0. The van der Waals surface area contributed by atoms with E-state index in [2.05, 4.69) is 20.3 Å². The summed E-state index contributed by atoms with van der Waals surface area (Å²) in [4.78, 5) is 38.3. The molecule has 0 radical (unpaired) electrons. The van der Waals surface area contributed by atoms with E-state index in [0.717, 1.165) is 16.8 Å². The van der Waals surface area contributed by atoms with Gasteiger partial charge in [0.2, 0.25) is 5.91 Å². The molecule has 2 heterocycles. The highest BCUT2D eigenvalue weighted by molar-refractivity contribution is 7.99. The number of benzene rings is 2. The Hall–Kier alpha value is -3.52. The average Bonchev–Trinajstić information content (AvgIpc) is 2.75. The van der Waals surface area contributed by atoms with Crippen molar-refractivity contribution in [3.8, 4) is 0 Å². The van der Waals surface area contributed by atoms with E-state index in [1.807, 2.05) is 61.5 Å². The molecular weight excluding hydrogens is 398 g/mol. The van der Waals surface area contributed by atoms with Gasteiger partial charge >= 0.3 is 0 Å². The lowest BCUT2D eigenvalue weighted by Gasteiger charge is -2.12. The van der Waals surface area contributed by atoms with Crippen LogP contribution in [-0.4, -0.2) is 31.2 Å². The molecule has 0 unspecified atom stereocenters. The van der Waals surface area contributed by atoms with E-state index < -0.39 is 0 Å². The SMILES string of the molecule is Cc1cccc(NC(=O)CSc2nc3nccnc3c(=O)n2Cc2ccccc2)c1. The molecule has 7 nitrogen and oxygen atoms in total. The minimum atomic E-state index is -0.279. The molecule has 2 aromatic heterocycles. The van der Waals surface area contributed by atoms with Gasteiger partial charge < -0.3 is 5.32 Å². The fourth-order valence-corrected chi connectivity index (χ4v) is 3.78. The standard InChI is InChI=1S/C22H19N5O2S/c1-15-6-5-9-17(12-15)25-18(28)14-30-22-26-20-19(23-10-11-24-20)21(29)27(22)13-16-7-3-2-4-8-16/h2-12H,13-14H2,1H3,(H,25,28). The fourth-order valence-electron chi connectivity index (χ4n) is 2.99. The van der Waals surface area contributed by atoms with Gasteiger partial charge in [0.1, 0.15) is 0 Å². The predicted molar refractivity (Wildman–Crippen MR) is 118 cm³/mol. The molecule has 0 aliphatic rings. The van der Waals surface area contributed by atoms with Crippen molar-refractivity contribution in [3.05, 3.63) is 88.5 Å². The van der Waals surface area contributed by atoms with Crippen LogP contribution in [0.25, 0.3) is 11.2 Å². The topological polar surface area (TPSA) is 89.8 Å². The maximum atomic E-state index is 13.0. The fraction of sp³-hybridized carbons (Fsp3) is 0.136. The molecule has 0 bridgehead atoms. The summed E-state index contributed by atoms with van der Waals surface area (Å²) in [5, 5.41) is 3.30. The number of amides is 1. The molecule has 1 N–H and O–H groups in total. The Morgan fingerprint density at radius 1 is 1.07 bits per heavy atom. The summed E-state index contributed by atoms with van der Waals surface area (Å²) in [5.74, 6) is -0.0636. The molecule has 0 saturated carbocycles. The number of aromatic nitrogens is 4. The Balaban J connectivity index is 1.61. The second kappa shape index (κ2) is 8.87. The molecular formula is C22H19N5O2S. The lowest BCUT2D eigenvalue weighted by molar-refractivity contribution is -0.113. The Kier molecular flexibility index (Phi) is 5.85. The highest BCUT2D eigenvalue weighted by Crippen LogP contribution is 2.18. The second-order valence-corrected chi connectivity index (χ2v) is 7.65. The zero-order valence-electron chi connectivity index (χ0n) is 16.3. The number of hydrogen-bond acceptors (Lipinski definition) is 6. The third-order valence-electron chi connectivity index (χ3n) is 4.38. The van der Waals surface area contributed by atoms with Gasteiger partial charge in [0.25, 0.3) is 5.56 Å². The molecule has 0 spiro atoms. The van der Waals surface area contributed by atoms with Crippen molar-refractivity contribution in [2.45, 2.75) is 18.6 Å². The van der Waals surface area contributed by atoms with Crippen molar-refractivity contribution in [2.24, 2.45) is 0 Å². The molecule has 4 rings (SSSR count). The average molecular weight is 417 g/mol. The van der Waals surface area contributed by atoms with Crippen LogP contribution in [0.1, 0.15) is 11.1 Å². The van der Waals surface area contributed by atoms with Gasteiger partial charge in [-0.15, -0.1) is 0 Å². The van der Waals surface area contributed by atoms with Crippen LogP contribution in [0.15, 0.2) is 76.9 Å². The molecule has 8 heteroatoms. The highest BCUT2D eigenvalue weighted by atomic mass is 32.2. The summed E-state index contributed by atoms with van der Waals surface area (Å²) >= 11 is 1.20. The van der Waals surface area contributed by atoms with E-state index in [4.69, 9.17) is 0 Å². The minimum Gasteiger partial charge on any atom is -0.325 e. The van der Waals surface area contributed by atoms with Gasteiger partial charge in [0.15, 0.2) is 16.3 Å². The van der Waals surface area contributed by atoms with Gasteiger partial charge in [0.05, 0.1) is 12.3 Å². The first-order valence-electron chi connectivity index (χ1n) is 9.35. The third kappa shape index (κ3) is 4.55. The first-order valence-corrected chi connectivity index (χ1v) is 10.3. The molecule has 2 aromatic carbocycles. The number of rotatable bonds is 6. The highest BCUT2D eigenvalue weighted by Gasteiger charge is 2.15. The van der Waals surface area contributed by atoms with E-state index in [-0.39, 0.29) is 28.4 Å². The number of hydrogen-bond donors (Lipinski definition) is 1. The van der Waals surface area contributed by atoms with Crippen molar-refractivity contribution in [2.75, 3.05) is 11.1 Å². The van der Waals surface area contributed by atoms with Crippen LogP contribution in [-0.2, 0) is 11.3 Å². The van der Waals surface area contributed by atoms with Gasteiger partial charge in [-0.2, -0.15) is 0 Å². The number of fused-ring (bicyclic) bond motifs is 1. The van der Waals surface area contributed by atoms with Crippen LogP contribution in [0.4, 0.5) is 5.69 Å². The van der Waals surface area contributed by atoms with Crippen LogP contribution in [0.5, 0.6) is 0 Å². The number of nitrogens with one attached hydrogen (secondary N) is 1. The summed E-state index contributed by atoms with van der Waals surface area (Å²) in [6.07, 6.45) is 2.97. The summed E-state index contributed by atoms with van der Waals surface area (Å²) in [7, 11) is 0. The first-order chi connectivity index (χ1) is 14.6. The van der Waals surface area contributed by atoms with Gasteiger partial charge in [-0.1, -0.05) is 54.2 Å². The van der Waals surface area contributed by atoms with Crippen LogP contribution >= 0.6 is 11.8 Å². The van der Waals surface area contributed by atoms with E-state index in [1.54, 1.807) is 0 Å². The smallest absolute Gasteiger partial charge is 0.282 e. The lowest BCUT2D eigenvalue weighted by atomic mass is 10.2. The Morgan fingerprint density at radius 3 is 2.67 bits per heavy atom. The number of aryl methyl sites for hydroxylation is 1. The largest absolute Gasteiger partial charge is 0.325 e. The monoisotopic (exact) mass is 417 g/mol. The normalized spacial score (nSPS) is 10.8. The summed E-state index contributed by atoms with van der Waals surface area (Å²) in [6, 6.07) is 17.2. The summed E-state index contributed by atoms with van der Waals surface area (Å²) < 4.78 is 1.54. The Bertz CT molecular complexity index is 1260. The Labute approximate surface area is 177 Å². The molecule has 0 aliphatic heterocycles. The van der Waals surface area contributed by atoms with Crippen LogP contribution in [0.3, 0.4) is 0 Å². The van der Waals surface area contributed by atoms with E-state index >= 15 is 0 Å². The van der Waals surface area contributed by atoms with Crippen LogP contribution in [0.2, 0.25) is 0 Å². The summed E-state index contributed by atoms with van der Waals surface area (Å²) in [5.41, 5.74) is 2.95. The van der Waals surface area contributed by atoms with Crippen molar-refractivity contribution in [1.29, 1.82) is 0 Å². The first kappa shape index (κ1) is 19.8. The molecule has 0 fully saturated rings. The van der Waals surface area contributed by atoms with Crippen molar-refractivity contribution in [3.63, 3.8) is 0 Å². The molecule has 4 aromatic rings. The van der Waals surface area contributed by atoms with Crippen LogP contribution < -0.4 is 10.9 Å². The molecule has 1 amide bonds. The van der Waals surface area contributed by atoms with Gasteiger partial charge in [-0.3, -0.25) is 14.2 Å². The number of carbonyl (C=O) groups excluding carboxylic acids is 1. The number of anilines is 1. The second-order valence-electron chi connectivity index (χ2n) is 6.71. The number of carbonyl (C=O) groups is 1. The maximum Gasteiger partial charge on any atom is 0.282 e.